The summed E-state index contributed by atoms with van der Waals surface area (Å²) < 4.78 is 0. The molecule has 0 aliphatic rings. The highest BCUT2D eigenvalue weighted by Crippen LogP contribution is 2.38. The first-order valence-electron chi connectivity index (χ1n) is 4.05. The van der Waals surface area contributed by atoms with Crippen LogP contribution in [0.3, 0.4) is 0 Å². The fourth-order valence-corrected chi connectivity index (χ4v) is 1.16. The molecular weight excluding hydrogens is 236 g/mol. The molecule has 0 fully saturated rings. The molecule has 0 aromatic heterocycles. The van der Waals surface area contributed by atoms with E-state index in [0.717, 1.165) is 12.1 Å². The Labute approximate surface area is 92.9 Å². The average molecular weight is 242 g/mol. The van der Waals surface area contributed by atoms with Gasteiger partial charge in [-0.25, -0.2) is 5.84 Å². The van der Waals surface area contributed by atoms with Crippen LogP contribution >= 0.6 is 0 Å². The fraction of sp³-hybridized carbons (Fsp3) is 0. The highest BCUT2D eigenvalue weighted by atomic mass is 16.6. The molecular formula is C7H6N4O6. The van der Waals surface area contributed by atoms with Gasteiger partial charge in [-0.1, -0.05) is 0 Å². The molecule has 10 heteroatoms. The van der Waals surface area contributed by atoms with Crippen LogP contribution in [-0.2, 0) is 0 Å². The lowest BCUT2D eigenvalue weighted by molar-refractivity contribution is -0.423. The molecule has 1 aromatic rings. The molecule has 17 heavy (non-hydrogen) atoms. The molecule has 1 aromatic carbocycles. The number of amides is 1. The Balaban J connectivity index is 3.55. The number of hydrazine groups is 1. The second kappa shape index (κ2) is 4.40. The molecule has 0 saturated heterocycles. The van der Waals surface area contributed by atoms with Crippen LogP contribution in [0.4, 0.5) is 11.4 Å². The summed E-state index contributed by atoms with van der Waals surface area (Å²) in [6.07, 6.45) is 0. The van der Waals surface area contributed by atoms with E-state index >= 15 is 0 Å². The molecule has 0 saturated carbocycles. The number of phenols is 1. The Hall–Kier alpha value is -2.75. The van der Waals surface area contributed by atoms with Crippen molar-refractivity contribution in [2.75, 3.05) is 0 Å². The van der Waals surface area contributed by atoms with Gasteiger partial charge >= 0.3 is 11.4 Å². The third-order valence-corrected chi connectivity index (χ3v) is 1.88. The predicted octanol–water partition coefficient (Wildman–Crippen LogP) is -0.188. The zero-order chi connectivity index (χ0) is 13.2. The van der Waals surface area contributed by atoms with Gasteiger partial charge in [-0.05, 0) is 6.07 Å². The summed E-state index contributed by atoms with van der Waals surface area (Å²) in [5.41, 5.74) is -0.950. The van der Waals surface area contributed by atoms with Crippen molar-refractivity contribution in [3.05, 3.63) is 37.9 Å². The van der Waals surface area contributed by atoms with Crippen molar-refractivity contribution in [3.63, 3.8) is 0 Å². The second-order valence-electron chi connectivity index (χ2n) is 2.82. The summed E-state index contributed by atoms with van der Waals surface area (Å²) in [6.45, 7) is 0. The smallest absolute Gasteiger partial charge is 0.387 e. The van der Waals surface area contributed by atoms with Crippen molar-refractivity contribution in [2.45, 2.75) is 0 Å². The van der Waals surface area contributed by atoms with Crippen LogP contribution in [0.5, 0.6) is 5.75 Å². The second-order valence-corrected chi connectivity index (χ2v) is 2.82. The minimum atomic E-state index is -1.16. The van der Waals surface area contributed by atoms with E-state index in [1.807, 2.05) is 0 Å². The lowest BCUT2D eigenvalue weighted by Crippen LogP contribution is -2.30. The number of hydrogen-bond acceptors (Lipinski definition) is 7. The number of carbonyl (C=O) groups excluding carboxylic acids is 1. The normalized spacial score (nSPS) is 9.71. The highest BCUT2D eigenvalue weighted by molar-refractivity contribution is 5.98. The molecule has 1 amide bonds. The molecule has 1 rings (SSSR count). The van der Waals surface area contributed by atoms with Gasteiger partial charge in [0.1, 0.15) is 0 Å². The number of nitrogens with one attached hydrogen (secondary N) is 1. The minimum Gasteiger partial charge on any atom is -0.501 e. The molecule has 0 bridgehead atoms. The Morgan fingerprint density at radius 1 is 1.29 bits per heavy atom. The van der Waals surface area contributed by atoms with E-state index < -0.39 is 38.4 Å². The maximum absolute atomic E-state index is 11.1. The monoisotopic (exact) mass is 242 g/mol. The summed E-state index contributed by atoms with van der Waals surface area (Å²) >= 11 is 0. The quantitative estimate of drug-likeness (QED) is 0.286. The summed E-state index contributed by atoms with van der Waals surface area (Å²) in [6, 6.07) is 1.60. The molecule has 0 spiro atoms. The first kappa shape index (κ1) is 12.3. The number of nitrogen functional groups attached to an aromatic ring is 1. The van der Waals surface area contributed by atoms with Crippen molar-refractivity contribution in [2.24, 2.45) is 5.84 Å². The molecule has 90 valence electrons. The van der Waals surface area contributed by atoms with E-state index in [1.54, 1.807) is 5.43 Å². The Morgan fingerprint density at radius 3 is 2.29 bits per heavy atom. The molecule has 0 radical (unpaired) electrons. The molecule has 0 aliphatic carbocycles. The van der Waals surface area contributed by atoms with E-state index in [2.05, 4.69) is 0 Å². The first-order valence-corrected chi connectivity index (χ1v) is 4.05. The van der Waals surface area contributed by atoms with Gasteiger partial charge in [-0.2, -0.15) is 0 Å². The lowest BCUT2D eigenvalue weighted by atomic mass is 10.1. The minimum absolute atomic E-state index is 0.523. The van der Waals surface area contributed by atoms with E-state index in [-0.39, 0.29) is 0 Å². The van der Waals surface area contributed by atoms with Crippen LogP contribution in [0.25, 0.3) is 0 Å². The SMILES string of the molecule is NNC(=O)c1ccc([N+](=O)[O-])c([N+](=O)[O-])c1O. The first-order chi connectivity index (χ1) is 7.90. The maximum Gasteiger partial charge on any atom is 0.387 e. The molecule has 0 heterocycles. The van der Waals surface area contributed by atoms with Crippen LogP contribution in [-0.4, -0.2) is 20.9 Å². The molecule has 4 N–H and O–H groups in total. The molecule has 10 nitrogen and oxygen atoms in total. The third kappa shape index (κ3) is 2.10. The van der Waals surface area contributed by atoms with Crippen molar-refractivity contribution < 1.29 is 19.7 Å². The summed E-state index contributed by atoms with van der Waals surface area (Å²) in [5.74, 6) is 2.68. The number of nitro groups is 2. The number of phenolic OH excluding ortho intramolecular Hbond substituents is 1. The lowest BCUT2D eigenvalue weighted by Gasteiger charge is -2.03. The number of nitro benzene ring substituents is 2. The van der Waals surface area contributed by atoms with Gasteiger partial charge < -0.3 is 5.11 Å². The van der Waals surface area contributed by atoms with Gasteiger partial charge in [0.05, 0.1) is 15.4 Å². The van der Waals surface area contributed by atoms with Gasteiger partial charge in [0, 0.05) is 6.07 Å². The molecule has 0 atom stereocenters. The number of nitrogens with zero attached hydrogens (tertiary/aromatic N) is 2. The van der Waals surface area contributed by atoms with E-state index in [9.17, 15) is 30.1 Å². The Kier molecular flexibility index (Phi) is 3.19. The van der Waals surface area contributed by atoms with Crippen LogP contribution < -0.4 is 11.3 Å². The largest absolute Gasteiger partial charge is 0.501 e. The van der Waals surface area contributed by atoms with Crippen molar-refractivity contribution in [3.8, 4) is 5.75 Å². The van der Waals surface area contributed by atoms with Crippen LogP contribution in [0.1, 0.15) is 10.4 Å². The fourth-order valence-electron chi connectivity index (χ4n) is 1.16. The number of benzene rings is 1. The summed E-state index contributed by atoms with van der Waals surface area (Å²) in [7, 11) is 0. The molecule has 0 unspecified atom stereocenters. The Bertz CT molecular complexity index is 513. The number of rotatable bonds is 3. The topological polar surface area (TPSA) is 162 Å². The van der Waals surface area contributed by atoms with Crippen molar-refractivity contribution >= 4 is 17.3 Å². The van der Waals surface area contributed by atoms with Crippen molar-refractivity contribution in [1.82, 2.24) is 5.43 Å². The summed E-state index contributed by atoms with van der Waals surface area (Å²) in [5, 5.41) is 30.5. The zero-order valence-electron chi connectivity index (χ0n) is 8.11. The van der Waals surface area contributed by atoms with Gasteiger partial charge in [-0.15, -0.1) is 0 Å². The molecule has 0 aliphatic heterocycles. The highest BCUT2D eigenvalue weighted by Gasteiger charge is 2.32. The van der Waals surface area contributed by atoms with Crippen LogP contribution in [0.2, 0.25) is 0 Å². The van der Waals surface area contributed by atoms with E-state index in [1.165, 1.54) is 0 Å². The number of nitrogens with two attached hydrogens (primary N) is 1. The average Bonchev–Trinajstić information content (AvgIpc) is 2.26. The maximum atomic E-state index is 11.1. The zero-order valence-corrected chi connectivity index (χ0v) is 8.11. The van der Waals surface area contributed by atoms with Crippen LogP contribution in [0, 0.1) is 20.2 Å². The number of hydrogen-bond donors (Lipinski definition) is 3. The van der Waals surface area contributed by atoms with Gasteiger partial charge in [0.15, 0.2) is 0 Å². The van der Waals surface area contributed by atoms with Crippen molar-refractivity contribution in [1.29, 1.82) is 0 Å². The van der Waals surface area contributed by atoms with Gasteiger partial charge in [-0.3, -0.25) is 30.4 Å². The standard InChI is InChI=1S/C7H6N4O6/c8-9-7(13)3-1-2-4(10(14)15)5(6(3)12)11(16)17/h1-2,12H,8H2,(H,9,13). The third-order valence-electron chi connectivity index (χ3n) is 1.88. The van der Waals surface area contributed by atoms with E-state index in [4.69, 9.17) is 5.84 Å². The number of aromatic hydroxyl groups is 1. The number of carbonyl (C=O) groups is 1. The van der Waals surface area contributed by atoms with Crippen LogP contribution in [0.15, 0.2) is 12.1 Å². The van der Waals surface area contributed by atoms with Gasteiger partial charge in [0.2, 0.25) is 5.75 Å². The van der Waals surface area contributed by atoms with E-state index in [0.29, 0.717) is 0 Å². The summed E-state index contributed by atoms with van der Waals surface area (Å²) in [4.78, 5) is 30.0. The van der Waals surface area contributed by atoms with Gasteiger partial charge in [0.25, 0.3) is 5.91 Å². The predicted molar refractivity (Wildman–Crippen MR) is 53.1 cm³/mol. The Morgan fingerprint density at radius 2 is 1.88 bits per heavy atom.